The average Bonchev–Trinajstić information content (AvgIpc) is 2.81. The third kappa shape index (κ3) is 66.7. The molecule has 0 radical (unpaired) electrons. The Morgan fingerprint density at radius 1 is 0.293 bits per heavy atom. The molecule has 0 saturated heterocycles. The van der Waals surface area contributed by atoms with Crippen molar-refractivity contribution in [3.8, 4) is 0 Å². The van der Waals surface area contributed by atoms with E-state index in [0.717, 1.165) is 108 Å². The van der Waals surface area contributed by atoms with Gasteiger partial charge in [-0.1, -0.05) is 318 Å². The summed E-state index contributed by atoms with van der Waals surface area (Å²) in [5.41, 5.74) is 0. The van der Waals surface area contributed by atoms with Crippen molar-refractivity contribution < 1.29 is 80.2 Å². The summed E-state index contributed by atoms with van der Waals surface area (Å²) in [5.74, 6) is 0.162. The SMILES string of the molecule is CCCCCCCCCCCCC(=O)OC[C@H](COP(=O)(O)OC[C@H](O)COP(=O)(O)OC[C@@H](COC(=O)CCCCCCCCCCCCCC(C)C)OC(=O)CCCCCCCCCCCCCCCCC(C)C)OC(=O)CCCCCCCCCCC(C)C. The van der Waals surface area contributed by atoms with Crippen molar-refractivity contribution in [3.05, 3.63) is 0 Å². The highest BCUT2D eigenvalue weighted by molar-refractivity contribution is 7.47. The van der Waals surface area contributed by atoms with Gasteiger partial charge in [-0.15, -0.1) is 0 Å². The van der Waals surface area contributed by atoms with Crippen molar-refractivity contribution in [1.29, 1.82) is 0 Å². The minimum atomic E-state index is -4.96. The number of carbonyl (C=O) groups excluding carboxylic acids is 4. The van der Waals surface area contributed by atoms with Crippen LogP contribution in [0, 0.1) is 17.8 Å². The number of phosphoric acid groups is 2. The molecule has 0 spiro atoms. The molecule has 92 heavy (non-hydrogen) atoms. The summed E-state index contributed by atoms with van der Waals surface area (Å²) < 4.78 is 68.4. The van der Waals surface area contributed by atoms with Gasteiger partial charge in [-0.25, -0.2) is 9.13 Å². The lowest BCUT2D eigenvalue weighted by molar-refractivity contribution is -0.161. The Morgan fingerprint density at radius 3 is 0.739 bits per heavy atom. The van der Waals surface area contributed by atoms with Gasteiger partial charge in [0, 0.05) is 25.7 Å². The van der Waals surface area contributed by atoms with Gasteiger partial charge in [-0.05, 0) is 43.4 Å². The van der Waals surface area contributed by atoms with Gasteiger partial charge in [0.05, 0.1) is 26.4 Å². The van der Waals surface area contributed by atoms with Crippen LogP contribution >= 0.6 is 15.6 Å². The van der Waals surface area contributed by atoms with Crippen molar-refractivity contribution in [1.82, 2.24) is 0 Å². The van der Waals surface area contributed by atoms with Crippen molar-refractivity contribution in [2.45, 2.75) is 388 Å². The molecule has 5 atom stereocenters. The van der Waals surface area contributed by atoms with E-state index >= 15 is 0 Å². The summed E-state index contributed by atoms with van der Waals surface area (Å²) in [5, 5.41) is 10.6. The Morgan fingerprint density at radius 2 is 0.500 bits per heavy atom. The number of aliphatic hydroxyl groups excluding tert-OH is 1. The van der Waals surface area contributed by atoms with Gasteiger partial charge in [-0.3, -0.25) is 37.3 Å². The molecule has 3 N–H and O–H groups in total. The van der Waals surface area contributed by atoms with E-state index < -0.39 is 97.5 Å². The van der Waals surface area contributed by atoms with Gasteiger partial charge in [0.15, 0.2) is 12.2 Å². The zero-order chi connectivity index (χ0) is 68.0. The fourth-order valence-electron chi connectivity index (χ4n) is 11.1. The first-order valence-electron chi connectivity index (χ1n) is 37.8. The van der Waals surface area contributed by atoms with Gasteiger partial charge in [0.1, 0.15) is 19.3 Å². The van der Waals surface area contributed by atoms with E-state index in [4.69, 9.17) is 37.0 Å². The highest BCUT2D eigenvalue weighted by Crippen LogP contribution is 2.45. The van der Waals surface area contributed by atoms with Crippen LogP contribution in [0.5, 0.6) is 0 Å². The number of unbranched alkanes of at least 4 members (excludes halogenated alkanes) is 39. The molecule has 19 heteroatoms. The van der Waals surface area contributed by atoms with E-state index in [1.807, 2.05) is 0 Å². The molecule has 0 heterocycles. The van der Waals surface area contributed by atoms with E-state index in [0.29, 0.717) is 25.7 Å². The first-order valence-corrected chi connectivity index (χ1v) is 40.8. The summed E-state index contributed by atoms with van der Waals surface area (Å²) in [4.78, 5) is 72.6. The third-order valence-electron chi connectivity index (χ3n) is 16.9. The van der Waals surface area contributed by atoms with Crippen LogP contribution in [0.25, 0.3) is 0 Å². The third-order valence-corrected chi connectivity index (χ3v) is 18.8. The van der Waals surface area contributed by atoms with Crippen LogP contribution in [-0.4, -0.2) is 96.7 Å². The Bertz CT molecular complexity index is 1800. The maximum atomic E-state index is 13.1. The molecule has 0 aliphatic heterocycles. The van der Waals surface area contributed by atoms with E-state index in [2.05, 4.69) is 48.5 Å². The maximum Gasteiger partial charge on any atom is 0.472 e. The number of rotatable bonds is 71. The van der Waals surface area contributed by atoms with Gasteiger partial charge < -0.3 is 33.8 Å². The first kappa shape index (κ1) is 90.1. The molecule has 0 aliphatic carbocycles. The Labute approximate surface area is 562 Å². The van der Waals surface area contributed by atoms with Crippen LogP contribution in [0.2, 0.25) is 0 Å². The van der Waals surface area contributed by atoms with E-state index in [-0.39, 0.29) is 25.7 Å². The summed E-state index contributed by atoms with van der Waals surface area (Å²) >= 11 is 0. The summed E-state index contributed by atoms with van der Waals surface area (Å²) in [7, 11) is -9.91. The summed E-state index contributed by atoms with van der Waals surface area (Å²) in [6, 6.07) is 0. The first-order chi connectivity index (χ1) is 44.2. The van der Waals surface area contributed by atoms with Crippen LogP contribution in [0.4, 0.5) is 0 Å². The molecule has 0 rings (SSSR count). The quantitative estimate of drug-likeness (QED) is 0.0222. The predicted molar refractivity (Wildman–Crippen MR) is 372 cm³/mol. The van der Waals surface area contributed by atoms with Crippen LogP contribution < -0.4 is 0 Å². The second kappa shape index (κ2) is 63.8. The average molecular weight is 1350 g/mol. The molecule has 0 saturated carbocycles. The highest BCUT2D eigenvalue weighted by Gasteiger charge is 2.30. The minimum absolute atomic E-state index is 0.104. The van der Waals surface area contributed by atoms with Gasteiger partial charge >= 0.3 is 39.5 Å². The van der Waals surface area contributed by atoms with Crippen LogP contribution in [0.15, 0.2) is 0 Å². The smallest absolute Gasteiger partial charge is 0.462 e. The van der Waals surface area contributed by atoms with E-state index in [1.165, 1.54) is 180 Å². The number of hydrogen-bond acceptors (Lipinski definition) is 15. The van der Waals surface area contributed by atoms with Gasteiger partial charge in [0.2, 0.25) is 0 Å². The number of hydrogen-bond donors (Lipinski definition) is 3. The minimum Gasteiger partial charge on any atom is -0.462 e. The molecule has 546 valence electrons. The Hall–Kier alpha value is -1.94. The number of phosphoric ester groups is 2. The molecule has 0 aromatic rings. The predicted octanol–water partition coefficient (Wildman–Crippen LogP) is 21.0. The fraction of sp³-hybridized carbons (Fsp3) is 0.945. The lowest BCUT2D eigenvalue weighted by Crippen LogP contribution is -2.30. The normalized spacial score (nSPS) is 14.1. The highest BCUT2D eigenvalue weighted by atomic mass is 31.2. The Balaban J connectivity index is 5.24. The second-order valence-electron chi connectivity index (χ2n) is 27.8. The van der Waals surface area contributed by atoms with E-state index in [1.54, 1.807) is 0 Å². The number of aliphatic hydroxyl groups is 1. The van der Waals surface area contributed by atoms with Crippen molar-refractivity contribution in [3.63, 3.8) is 0 Å². The molecule has 0 aromatic carbocycles. The maximum absolute atomic E-state index is 13.1. The molecule has 2 unspecified atom stereocenters. The molecule has 0 aliphatic rings. The standard InChI is InChI=1S/C73H142O17P2/c1-8-9-10-11-12-13-25-33-40-47-54-70(75)83-61-69(90-73(78)57-50-43-36-29-28-32-39-46-53-66(6)7)63-88-92(81,82)86-59-67(74)58-85-91(79,80)87-62-68(60-84-71(76)55-48-41-34-26-22-18-20-24-31-38-45-52-65(4)5)89-72(77)56-49-42-35-27-21-17-15-14-16-19-23-30-37-44-51-64(2)3/h64-69,74H,8-63H2,1-7H3,(H,79,80)(H,81,82)/t67-,68-,69-/m1/s1. The van der Waals surface area contributed by atoms with Crippen molar-refractivity contribution >= 4 is 39.5 Å². The van der Waals surface area contributed by atoms with Crippen LogP contribution in [0.1, 0.15) is 370 Å². The largest absolute Gasteiger partial charge is 0.472 e. The molecular weight excluding hydrogens is 1210 g/mol. The second-order valence-corrected chi connectivity index (χ2v) is 30.7. The topological polar surface area (TPSA) is 237 Å². The van der Waals surface area contributed by atoms with Gasteiger partial charge in [0.25, 0.3) is 0 Å². The van der Waals surface area contributed by atoms with Crippen LogP contribution in [0.3, 0.4) is 0 Å². The Kier molecular flexibility index (Phi) is 62.4. The summed E-state index contributed by atoms with van der Waals surface area (Å²) in [6.07, 6.45) is 48.5. The molecule has 0 fully saturated rings. The zero-order valence-electron chi connectivity index (χ0n) is 60.0. The number of ether oxygens (including phenoxy) is 4. The molecule has 0 aromatic heterocycles. The van der Waals surface area contributed by atoms with E-state index in [9.17, 15) is 43.2 Å². The molecule has 0 bridgehead atoms. The molecule has 0 amide bonds. The number of esters is 4. The fourth-order valence-corrected chi connectivity index (χ4v) is 12.7. The zero-order valence-corrected chi connectivity index (χ0v) is 61.8. The molecule has 17 nitrogen and oxygen atoms in total. The lowest BCUT2D eigenvalue weighted by atomic mass is 10.0. The van der Waals surface area contributed by atoms with Crippen molar-refractivity contribution in [2.75, 3.05) is 39.6 Å². The lowest BCUT2D eigenvalue weighted by Gasteiger charge is -2.21. The summed E-state index contributed by atoms with van der Waals surface area (Å²) in [6.45, 7) is 11.9. The number of carbonyl (C=O) groups is 4. The monoisotopic (exact) mass is 1350 g/mol. The molecular formula is C73H142O17P2. The van der Waals surface area contributed by atoms with Gasteiger partial charge in [-0.2, -0.15) is 0 Å². The van der Waals surface area contributed by atoms with Crippen LogP contribution in [-0.2, 0) is 65.4 Å². The van der Waals surface area contributed by atoms with Crippen molar-refractivity contribution in [2.24, 2.45) is 17.8 Å².